The van der Waals surface area contributed by atoms with E-state index in [1.54, 1.807) is 13.2 Å². The van der Waals surface area contributed by atoms with E-state index in [9.17, 15) is 20.1 Å². The number of amides is 1. The van der Waals surface area contributed by atoms with Gasteiger partial charge in [0.05, 0.1) is 17.5 Å². The van der Waals surface area contributed by atoms with Crippen LogP contribution in [0.25, 0.3) is 0 Å². The minimum atomic E-state index is -1.37. The molecule has 7 nitrogen and oxygen atoms in total. The smallest absolute Gasteiger partial charge is 0.237 e. The molecule has 0 aromatic carbocycles. The molecular formula is C19H35ClN2O5S. The summed E-state index contributed by atoms with van der Waals surface area (Å²) in [5, 5.41) is 36.4. The van der Waals surface area contributed by atoms with Crippen LogP contribution in [-0.4, -0.2) is 81.3 Å². The van der Waals surface area contributed by atoms with Gasteiger partial charge in [-0.05, 0) is 44.4 Å². The molecule has 10 unspecified atom stereocenters. The number of alkyl halides is 1. The lowest BCUT2D eigenvalue weighted by Gasteiger charge is -2.44. The van der Waals surface area contributed by atoms with Crippen LogP contribution in [0.1, 0.15) is 40.0 Å². The molecule has 2 fully saturated rings. The Morgan fingerprint density at radius 3 is 2.57 bits per heavy atom. The summed E-state index contributed by atoms with van der Waals surface area (Å²) >= 11 is 7.57. The van der Waals surface area contributed by atoms with Crippen molar-refractivity contribution in [2.45, 2.75) is 87.3 Å². The topological polar surface area (TPSA) is 111 Å². The lowest BCUT2D eigenvalue weighted by molar-refractivity contribution is -0.205. The van der Waals surface area contributed by atoms with Crippen LogP contribution in [0.2, 0.25) is 0 Å². The highest BCUT2D eigenvalue weighted by molar-refractivity contribution is 7.99. The van der Waals surface area contributed by atoms with Gasteiger partial charge < -0.3 is 30.7 Å². The highest BCUT2D eigenvalue weighted by atomic mass is 35.5. The molecule has 10 atom stereocenters. The molecule has 28 heavy (non-hydrogen) atoms. The van der Waals surface area contributed by atoms with Gasteiger partial charge in [-0.1, -0.05) is 20.3 Å². The number of aliphatic hydroxyl groups excluding tert-OH is 3. The third-order valence-electron chi connectivity index (χ3n) is 6.17. The first-order chi connectivity index (χ1) is 13.2. The van der Waals surface area contributed by atoms with Crippen molar-refractivity contribution in [1.29, 1.82) is 0 Å². The monoisotopic (exact) mass is 438 g/mol. The van der Waals surface area contributed by atoms with E-state index in [0.29, 0.717) is 11.8 Å². The second-order valence-electron chi connectivity index (χ2n) is 8.07. The number of rotatable bonds is 6. The van der Waals surface area contributed by atoms with Gasteiger partial charge in [0.15, 0.2) is 0 Å². The van der Waals surface area contributed by atoms with Gasteiger partial charge in [0, 0.05) is 0 Å². The van der Waals surface area contributed by atoms with Crippen molar-refractivity contribution in [3.8, 4) is 0 Å². The maximum atomic E-state index is 13.0. The van der Waals surface area contributed by atoms with Crippen molar-refractivity contribution < 1.29 is 24.9 Å². The van der Waals surface area contributed by atoms with Gasteiger partial charge >= 0.3 is 0 Å². The Bertz CT molecular complexity index is 513. The molecule has 2 aliphatic rings. The number of carbonyl (C=O) groups excluding carboxylic acids is 1. The Kier molecular flexibility index (Phi) is 9.32. The van der Waals surface area contributed by atoms with E-state index in [1.807, 2.05) is 0 Å². The van der Waals surface area contributed by atoms with E-state index in [-0.39, 0.29) is 11.9 Å². The molecule has 0 radical (unpaired) electrons. The SMILES string of the molecule is CCC1CC(C(=O)NC(C(C)Cl)C2OC(SC)C(O)C(O)C2O)NCCC1C. The Hall–Kier alpha value is -0.0900. The summed E-state index contributed by atoms with van der Waals surface area (Å²) in [6, 6.07) is -1.04. The van der Waals surface area contributed by atoms with Gasteiger partial charge in [0.2, 0.25) is 5.91 Å². The van der Waals surface area contributed by atoms with Crippen molar-refractivity contribution in [2.24, 2.45) is 11.8 Å². The Morgan fingerprint density at radius 2 is 2.00 bits per heavy atom. The van der Waals surface area contributed by atoms with Crippen LogP contribution in [0.4, 0.5) is 0 Å². The number of halogens is 1. The summed E-state index contributed by atoms with van der Waals surface area (Å²) in [6.45, 7) is 6.86. The average molecular weight is 439 g/mol. The Balaban J connectivity index is 2.12. The molecule has 2 heterocycles. The van der Waals surface area contributed by atoms with Crippen LogP contribution in [0.15, 0.2) is 0 Å². The van der Waals surface area contributed by atoms with E-state index >= 15 is 0 Å². The van der Waals surface area contributed by atoms with Crippen LogP contribution < -0.4 is 10.6 Å². The maximum Gasteiger partial charge on any atom is 0.237 e. The first-order valence-electron chi connectivity index (χ1n) is 10.1. The number of thioether (sulfide) groups is 1. The molecular weight excluding hydrogens is 404 g/mol. The summed E-state index contributed by atoms with van der Waals surface area (Å²) < 4.78 is 5.81. The number of nitrogens with one attached hydrogen (secondary N) is 2. The highest BCUT2D eigenvalue weighted by Gasteiger charge is 2.48. The molecule has 2 rings (SSSR count). The van der Waals surface area contributed by atoms with Crippen LogP contribution in [-0.2, 0) is 9.53 Å². The standard InChI is InChI=1S/C19H35ClN2O5S/c1-5-11-8-12(21-7-6-9(11)2)18(26)22-13(10(3)20)17-15(24)14(23)16(25)19(27-17)28-4/h9-17,19,21,23-25H,5-8H2,1-4H3,(H,22,26). The molecule has 5 N–H and O–H groups in total. The molecule has 0 bridgehead atoms. The third-order valence-corrected chi connectivity index (χ3v) is 7.30. The van der Waals surface area contributed by atoms with Crippen molar-refractivity contribution >= 4 is 29.3 Å². The van der Waals surface area contributed by atoms with Crippen LogP contribution in [0.5, 0.6) is 0 Å². The summed E-state index contributed by atoms with van der Waals surface area (Å²) in [6.07, 6.45) is -0.307. The molecule has 1 amide bonds. The van der Waals surface area contributed by atoms with E-state index in [0.717, 1.165) is 25.8 Å². The van der Waals surface area contributed by atoms with Gasteiger partial charge in [-0.3, -0.25) is 4.79 Å². The van der Waals surface area contributed by atoms with Crippen LogP contribution >= 0.6 is 23.4 Å². The zero-order valence-corrected chi connectivity index (χ0v) is 18.6. The number of carbonyl (C=O) groups is 1. The maximum absolute atomic E-state index is 13.0. The summed E-state index contributed by atoms with van der Waals surface area (Å²) in [4.78, 5) is 13.0. The molecule has 9 heteroatoms. The zero-order chi connectivity index (χ0) is 21.0. The van der Waals surface area contributed by atoms with Crippen molar-refractivity contribution in [2.75, 3.05) is 12.8 Å². The van der Waals surface area contributed by atoms with E-state index in [1.165, 1.54) is 11.8 Å². The minimum Gasteiger partial charge on any atom is -0.388 e. The fourth-order valence-electron chi connectivity index (χ4n) is 4.20. The Morgan fingerprint density at radius 1 is 1.32 bits per heavy atom. The van der Waals surface area contributed by atoms with Gasteiger partial charge in [0.25, 0.3) is 0 Å². The first kappa shape index (κ1) is 24.2. The number of ether oxygens (including phenoxy) is 1. The predicted molar refractivity (Wildman–Crippen MR) is 111 cm³/mol. The fraction of sp³-hybridized carbons (Fsp3) is 0.947. The highest BCUT2D eigenvalue weighted by Crippen LogP contribution is 2.31. The lowest BCUT2D eigenvalue weighted by Crippen LogP contribution is -2.65. The summed E-state index contributed by atoms with van der Waals surface area (Å²) in [5.41, 5.74) is -0.709. The molecule has 164 valence electrons. The predicted octanol–water partition coefficient (Wildman–Crippen LogP) is 0.683. The number of hydrogen-bond acceptors (Lipinski definition) is 7. The van der Waals surface area contributed by atoms with Gasteiger partial charge in [-0.15, -0.1) is 23.4 Å². The molecule has 2 saturated heterocycles. The fourth-order valence-corrected chi connectivity index (χ4v) is 5.08. The van der Waals surface area contributed by atoms with Gasteiger partial charge in [0.1, 0.15) is 29.9 Å². The largest absolute Gasteiger partial charge is 0.388 e. The quantitative estimate of drug-likeness (QED) is 0.388. The summed E-state index contributed by atoms with van der Waals surface area (Å²) in [7, 11) is 0. The van der Waals surface area contributed by atoms with E-state index in [4.69, 9.17) is 16.3 Å². The van der Waals surface area contributed by atoms with Crippen molar-refractivity contribution in [3.63, 3.8) is 0 Å². The molecule has 0 aromatic heterocycles. The molecule has 0 saturated carbocycles. The second-order valence-corrected chi connectivity index (χ2v) is 9.69. The van der Waals surface area contributed by atoms with Crippen molar-refractivity contribution in [3.05, 3.63) is 0 Å². The molecule has 0 aliphatic carbocycles. The molecule has 0 spiro atoms. The lowest BCUT2D eigenvalue weighted by atomic mass is 9.85. The average Bonchev–Trinajstić information content (AvgIpc) is 2.86. The summed E-state index contributed by atoms with van der Waals surface area (Å²) in [5.74, 6) is 0.842. The molecule has 2 aliphatic heterocycles. The number of hydrogen-bond donors (Lipinski definition) is 5. The van der Waals surface area contributed by atoms with Gasteiger partial charge in [-0.25, -0.2) is 0 Å². The van der Waals surface area contributed by atoms with E-state index in [2.05, 4.69) is 24.5 Å². The zero-order valence-electron chi connectivity index (χ0n) is 17.0. The van der Waals surface area contributed by atoms with Crippen LogP contribution in [0.3, 0.4) is 0 Å². The molecule has 0 aromatic rings. The van der Waals surface area contributed by atoms with E-state index < -0.39 is 41.3 Å². The second kappa shape index (κ2) is 10.8. The third kappa shape index (κ3) is 5.53. The normalized spacial score (nSPS) is 41.7. The van der Waals surface area contributed by atoms with Crippen LogP contribution in [0, 0.1) is 11.8 Å². The number of aliphatic hydroxyl groups is 3. The van der Waals surface area contributed by atoms with Gasteiger partial charge in [-0.2, -0.15) is 0 Å². The Labute approximate surface area is 176 Å². The minimum absolute atomic E-state index is 0.179. The van der Waals surface area contributed by atoms with Crippen molar-refractivity contribution in [1.82, 2.24) is 10.6 Å². The first-order valence-corrected chi connectivity index (χ1v) is 11.8.